The van der Waals surface area contributed by atoms with E-state index in [1.165, 1.54) is 0 Å². The molecule has 0 saturated heterocycles. The third kappa shape index (κ3) is 3.58. The molecule has 5 nitrogen and oxygen atoms in total. The molecule has 0 fully saturated rings. The molecule has 0 bridgehead atoms. The first kappa shape index (κ1) is 20.4. The molecule has 5 heteroatoms. The molecular weight excluding hydrogens is 404 g/mol. The Kier molecular flexibility index (Phi) is 5.25. The fourth-order valence-electron chi connectivity index (χ4n) is 4.84. The van der Waals surface area contributed by atoms with Crippen LogP contribution in [0, 0.1) is 6.92 Å². The smallest absolute Gasteiger partial charge is 0.343 e. The second-order valence-corrected chi connectivity index (χ2v) is 8.54. The van der Waals surface area contributed by atoms with E-state index in [1.54, 1.807) is 24.3 Å². The van der Waals surface area contributed by atoms with Gasteiger partial charge in [0.25, 0.3) is 0 Å². The van der Waals surface area contributed by atoms with E-state index in [0.717, 1.165) is 35.5 Å². The zero-order valence-corrected chi connectivity index (χ0v) is 18.0. The zero-order valence-electron chi connectivity index (χ0n) is 18.0. The normalized spacial score (nSPS) is 18.8. The lowest BCUT2D eigenvalue weighted by Gasteiger charge is -2.36. The van der Waals surface area contributed by atoms with Gasteiger partial charge in [-0.05, 0) is 49.1 Å². The van der Waals surface area contributed by atoms with Crippen LogP contribution >= 0.6 is 0 Å². The summed E-state index contributed by atoms with van der Waals surface area (Å²) >= 11 is 0. The van der Waals surface area contributed by atoms with Crippen molar-refractivity contribution in [1.29, 1.82) is 0 Å². The Hall–Kier alpha value is -3.47. The average Bonchev–Trinajstić information content (AvgIpc) is 2.79. The first-order valence-electron chi connectivity index (χ1n) is 11.1. The van der Waals surface area contributed by atoms with Gasteiger partial charge < -0.3 is 9.47 Å². The molecule has 0 spiro atoms. The fourth-order valence-corrected chi connectivity index (χ4v) is 4.84. The summed E-state index contributed by atoms with van der Waals surface area (Å²) < 4.78 is 11.6. The molecule has 1 heterocycles. The van der Waals surface area contributed by atoms with Crippen LogP contribution in [0.5, 0.6) is 5.75 Å². The number of carbonyl (C=O) groups is 3. The number of hydrogen-bond acceptors (Lipinski definition) is 5. The Morgan fingerprint density at radius 2 is 1.44 bits per heavy atom. The highest BCUT2D eigenvalue weighted by Gasteiger charge is 2.41. The van der Waals surface area contributed by atoms with Crippen LogP contribution in [0.1, 0.15) is 65.9 Å². The number of ketones is 2. The molecule has 0 radical (unpaired) electrons. The largest absolute Gasteiger partial charge is 0.465 e. The predicted octanol–water partition coefficient (Wildman–Crippen LogP) is 5.34. The SMILES string of the molecule is Cc1ccccc1C(=O)Oc1ccc(C2C3=C(CCCC3=O)OC3=C2C(=O)CCC3)cc1. The van der Waals surface area contributed by atoms with Crippen molar-refractivity contribution in [2.24, 2.45) is 0 Å². The summed E-state index contributed by atoms with van der Waals surface area (Å²) in [6.45, 7) is 1.86. The first-order valence-corrected chi connectivity index (χ1v) is 11.1. The summed E-state index contributed by atoms with van der Waals surface area (Å²) in [6, 6.07) is 14.4. The molecule has 5 rings (SSSR count). The maximum atomic E-state index is 12.9. The molecule has 0 unspecified atom stereocenters. The summed E-state index contributed by atoms with van der Waals surface area (Å²) in [7, 11) is 0. The zero-order chi connectivity index (χ0) is 22.2. The van der Waals surface area contributed by atoms with Crippen LogP contribution < -0.4 is 4.74 Å². The minimum Gasteiger partial charge on any atom is -0.465 e. The molecule has 0 saturated carbocycles. The van der Waals surface area contributed by atoms with Crippen molar-refractivity contribution < 1.29 is 23.9 Å². The number of allylic oxidation sites excluding steroid dienone is 4. The highest BCUT2D eigenvalue weighted by Crippen LogP contribution is 2.47. The van der Waals surface area contributed by atoms with Crippen molar-refractivity contribution in [2.75, 3.05) is 0 Å². The third-order valence-corrected chi connectivity index (χ3v) is 6.43. The molecule has 1 aliphatic heterocycles. The number of hydrogen-bond donors (Lipinski definition) is 0. The Labute approximate surface area is 186 Å². The quantitative estimate of drug-likeness (QED) is 0.487. The van der Waals surface area contributed by atoms with E-state index >= 15 is 0 Å². The van der Waals surface area contributed by atoms with E-state index in [-0.39, 0.29) is 11.6 Å². The third-order valence-electron chi connectivity index (χ3n) is 6.43. The van der Waals surface area contributed by atoms with Gasteiger partial charge in [-0.1, -0.05) is 30.3 Å². The van der Waals surface area contributed by atoms with Gasteiger partial charge in [0.05, 0.1) is 5.56 Å². The summed E-state index contributed by atoms with van der Waals surface area (Å²) in [5.41, 5.74) is 3.45. The number of carbonyl (C=O) groups excluding carboxylic acids is 3. The first-order chi connectivity index (χ1) is 15.5. The van der Waals surface area contributed by atoms with E-state index in [1.807, 2.05) is 31.2 Å². The van der Waals surface area contributed by atoms with Gasteiger partial charge in [0.1, 0.15) is 17.3 Å². The average molecular weight is 428 g/mol. The van der Waals surface area contributed by atoms with Crippen molar-refractivity contribution in [3.63, 3.8) is 0 Å². The van der Waals surface area contributed by atoms with E-state index in [4.69, 9.17) is 9.47 Å². The van der Waals surface area contributed by atoms with Crippen molar-refractivity contribution >= 4 is 17.5 Å². The van der Waals surface area contributed by atoms with Gasteiger partial charge in [0.2, 0.25) is 0 Å². The predicted molar refractivity (Wildman–Crippen MR) is 118 cm³/mol. The van der Waals surface area contributed by atoms with Gasteiger partial charge in [0, 0.05) is 42.7 Å². The molecule has 0 aromatic heterocycles. The Balaban J connectivity index is 1.48. The van der Waals surface area contributed by atoms with Crippen molar-refractivity contribution in [3.8, 4) is 5.75 Å². The highest BCUT2D eigenvalue weighted by molar-refractivity contribution is 6.05. The Morgan fingerprint density at radius 3 is 2.03 bits per heavy atom. The molecule has 2 aliphatic carbocycles. The van der Waals surface area contributed by atoms with Crippen LogP contribution in [-0.4, -0.2) is 17.5 Å². The Bertz CT molecular complexity index is 1140. The maximum Gasteiger partial charge on any atom is 0.343 e. The van der Waals surface area contributed by atoms with Gasteiger partial charge in [-0.2, -0.15) is 0 Å². The second-order valence-electron chi connectivity index (χ2n) is 8.54. The minimum absolute atomic E-state index is 0.0521. The van der Waals surface area contributed by atoms with Crippen LogP contribution in [-0.2, 0) is 14.3 Å². The Morgan fingerprint density at radius 1 is 0.844 bits per heavy atom. The second kappa shape index (κ2) is 8.23. The van der Waals surface area contributed by atoms with Gasteiger partial charge in [-0.25, -0.2) is 4.79 Å². The molecule has 32 heavy (non-hydrogen) atoms. The number of aryl methyl sites for hydroxylation is 1. The van der Waals surface area contributed by atoms with Crippen LogP contribution in [0.2, 0.25) is 0 Å². The lowest BCUT2D eigenvalue weighted by molar-refractivity contribution is -0.117. The van der Waals surface area contributed by atoms with Crippen LogP contribution in [0.15, 0.2) is 71.2 Å². The summed E-state index contributed by atoms with van der Waals surface area (Å²) in [5, 5.41) is 0. The van der Waals surface area contributed by atoms with E-state index in [2.05, 4.69) is 0 Å². The number of rotatable bonds is 3. The molecule has 2 aromatic carbocycles. The molecule has 2 aromatic rings. The highest BCUT2D eigenvalue weighted by atomic mass is 16.5. The standard InChI is InChI=1S/C27H24O5/c1-16-6-2-3-7-19(16)27(30)31-18-14-12-17(13-15-18)24-25-20(28)8-4-10-22(25)32-23-11-5-9-21(29)26(23)24/h2-3,6-7,12-15,24H,4-5,8-11H2,1H3. The minimum atomic E-state index is -0.415. The van der Waals surface area contributed by atoms with Gasteiger partial charge in [-0.3, -0.25) is 9.59 Å². The number of esters is 1. The van der Waals surface area contributed by atoms with Crippen molar-refractivity contribution in [3.05, 3.63) is 87.9 Å². The lowest BCUT2D eigenvalue weighted by Crippen LogP contribution is -2.30. The molecule has 162 valence electrons. The summed E-state index contributed by atoms with van der Waals surface area (Å²) in [6.07, 6.45) is 3.93. The van der Waals surface area contributed by atoms with Gasteiger partial charge in [-0.15, -0.1) is 0 Å². The van der Waals surface area contributed by atoms with Gasteiger partial charge >= 0.3 is 5.97 Å². The van der Waals surface area contributed by atoms with Gasteiger partial charge in [0.15, 0.2) is 11.6 Å². The van der Waals surface area contributed by atoms with Crippen LogP contribution in [0.3, 0.4) is 0 Å². The monoisotopic (exact) mass is 428 g/mol. The van der Waals surface area contributed by atoms with Crippen LogP contribution in [0.4, 0.5) is 0 Å². The molecular formula is C27H24O5. The molecule has 0 N–H and O–H groups in total. The van der Waals surface area contributed by atoms with E-state index in [9.17, 15) is 14.4 Å². The van der Waals surface area contributed by atoms with Crippen molar-refractivity contribution in [1.82, 2.24) is 0 Å². The van der Waals surface area contributed by atoms with E-state index < -0.39 is 11.9 Å². The molecule has 0 atom stereocenters. The van der Waals surface area contributed by atoms with Crippen LogP contribution in [0.25, 0.3) is 0 Å². The fraction of sp³-hybridized carbons (Fsp3) is 0.296. The number of benzene rings is 2. The summed E-state index contributed by atoms with van der Waals surface area (Å²) in [5.74, 6) is 1.14. The lowest BCUT2D eigenvalue weighted by atomic mass is 9.73. The number of Topliss-reactive ketones (excluding diaryl/α,β-unsaturated/α-hetero) is 2. The maximum absolute atomic E-state index is 12.9. The van der Waals surface area contributed by atoms with E-state index in [0.29, 0.717) is 48.1 Å². The topological polar surface area (TPSA) is 69.7 Å². The molecule has 3 aliphatic rings. The van der Waals surface area contributed by atoms with Crippen molar-refractivity contribution in [2.45, 2.75) is 51.4 Å². The molecule has 0 amide bonds. The number of ether oxygens (including phenoxy) is 2. The summed E-state index contributed by atoms with van der Waals surface area (Å²) in [4.78, 5) is 38.2.